The van der Waals surface area contributed by atoms with Gasteiger partial charge < -0.3 is 15.8 Å². The Labute approximate surface area is 224 Å². The fraction of sp³-hybridized carbons (Fsp3) is 0.308. The van der Waals surface area contributed by atoms with Crippen LogP contribution in [0.25, 0.3) is 16.7 Å². The van der Waals surface area contributed by atoms with E-state index in [0.29, 0.717) is 17.9 Å². The summed E-state index contributed by atoms with van der Waals surface area (Å²) < 4.78 is 6.46. The summed E-state index contributed by atoms with van der Waals surface area (Å²) in [5.74, 6) is 0.412. The van der Waals surface area contributed by atoms with Gasteiger partial charge in [-0.2, -0.15) is 9.97 Å². The molecule has 11 heteroatoms. The molecular formula is C26H27Cl2N7O2. The molecule has 0 bridgehead atoms. The molecule has 0 aliphatic carbocycles. The van der Waals surface area contributed by atoms with Crippen molar-refractivity contribution < 1.29 is 4.74 Å². The second kappa shape index (κ2) is 9.90. The number of nitrogen functional groups attached to an aromatic ring is 1. The predicted octanol–water partition coefficient (Wildman–Crippen LogP) is 4.55. The molecule has 2 aromatic carbocycles. The number of methoxy groups -OCH3 is 1. The van der Waals surface area contributed by atoms with Gasteiger partial charge in [-0.05, 0) is 55.7 Å². The average Bonchev–Trinajstić information content (AvgIpc) is 2.85. The zero-order valence-electron chi connectivity index (χ0n) is 20.8. The molecular weight excluding hydrogens is 513 g/mol. The topological polar surface area (TPSA) is 111 Å². The molecule has 0 radical (unpaired) electrons. The summed E-state index contributed by atoms with van der Waals surface area (Å²) >= 11 is 12.6. The minimum absolute atomic E-state index is 0.101. The fourth-order valence-corrected chi connectivity index (χ4v) is 5.45. The molecule has 2 aromatic heterocycles. The van der Waals surface area contributed by atoms with Crippen LogP contribution in [0.5, 0.6) is 0 Å². The van der Waals surface area contributed by atoms with Crippen molar-refractivity contribution in [1.29, 1.82) is 0 Å². The van der Waals surface area contributed by atoms with E-state index in [4.69, 9.17) is 33.7 Å². The van der Waals surface area contributed by atoms with Gasteiger partial charge in [-0.25, -0.2) is 14.3 Å². The van der Waals surface area contributed by atoms with Crippen LogP contribution >= 0.6 is 23.2 Å². The first-order chi connectivity index (χ1) is 17.7. The van der Waals surface area contributed by atoms with E-state index in [1.54, 1.807) is 25.3 Å². The van der Waals surface area contributed by atoms with Crippen LogP contribution in [0.15, 0.2) is 47.4 Å². The highest BCUT2D eigenvalue weighted by Crippen LogP contribution is 2.36. The van der Waals surface area contributed by atoms with Crippen molar-refractivity contribution >= 4 is 51.7 Å². The van der Waals surface area contributed by atoms with Crippen LogP contribution in [0.4, 0.5) is 17.5 Å². The zero-order valence-corrected chi connectivity index (χ0v) is 22.3. The smallest absolute Gasteiger partial charge is 0.355 e. The maximum absolute atomic E-state index is 12.9. The molecule has 0 saturated carbocycles. The highest BCUT2D eigenvalue weighted by atomic mass is 35.5. The Balaban J connectivity index is 1.46. The van der Waals surface area contributed by atoms with Crippen molar-refractivity contribution in [3.8, 4) is 5.69 Å². The molecule has 1 aliphatic rings. The lowest BCUT2D eigenvalue weighted by atomic mass is 9.83. The van der Waals surface area contributed by atoms with Crippen molar-refractivity contribution in [3.05, 3.63) is 74.3 Å². The van der Waals surface area contributed by atoms with Crippen molar-refractivity contribution in [2.24, 2.45) is 0 Å². The van der Waals surface area contributed by atoms with Crippen molar-refractivity contribution in [3.63, 3.8) is 0 Å². The van der Waals surface area contributed by atoms with Gasteiger partial charge in [0.2, 0.25) is 5.95 Å². The third-order valence-electron chi connectivity index (χ3n) is 6.87. The Hall–Kier alpha value is -3.24. The lowest BCUT2D eigenvalue weighted by Crippen LogP contribution is -2.48. The molecule has 3 heterocycles. The van der Waals surface area contributed by atoms with Crippen molar-refractivity contribution in [2.75, 3.05) is 37.9 Å². The van der Waals surface area contributed by atoms with E-state index >= 15 is 0 Å². The van der Waals surface area contributed by atoms with Gasteiger partial charge in [0.25, 0.3) is 0 Å². The predicted molar refractivity (Wildman–Crippen MR) is 147 cm³/mol. The number of aromatic nitrogens is 4. The number of halogens is 2. The van der Waals surface area contributed by atoms with E-state index < -0.39 is 5.69 Å². The monoisotopic (exact) mass is 539 g/mol. The molecule has 192 valence electrons. The number of nitrogens with zero attached hydrogens (tertiary/aromatic N) is 5. The summed E-state index contributed by atoms with van der Waals surface area (Å²) in [5, 5.41) is 4.20. The quantitative estimate of drug-likeness (QED) is 0.367. The number of hydrogen-bond acceptors (Lipinski definition) is 8. The summed E-state index contributed by atoms with van der Waals surface area (Å²) in [6, 6.07) is 11.2. The van der Waals surface area contributed by atoms with Gasteiger partial charge in [0.05, 0.1) is 27.7 Å². The third-order valence-corrected chi connectivity index (χ3v) is 7.48. The lowest BCUT2D eigenvalue weighted by molar-refractivity contribution is 0.0677. The number of fused-ring (bicyclic) bond motifs is 2. The number of benzene rings is 2. The minimum atomic E-state index is -0.640. The second-order valence-electron chi connectivity index (χ2n) is 9.40. The number of anilines is 3. The molecule has 3 N–H and O–H groups in total. The standard InChI is InChI=1S/C26H27Cl2N7O2/c1-26(2)18-8-7-16(13-15(18)9-10-34(26)11-12-37-3)31-24-30-14-17-22(29)35(25(36)33-23(17)32-24)21-19(27)5-4-6-20(21)28/h4-8,13-14H,9-12,29H2,1-3H3,(H,31,32,33,36). The number of ether oxygens (including phenoxy) is 1. The fourth-order valence-electron chi connectivity index (χ4n) is 4.88. The van der Waals surface area contributed by atoms with Crippen LogP contribution in [-0.2, 0) is 16.7 Å². The van der Waals surface area contributed by atoms with Gasteiger partial charge in [0, 0.05) is 37.6 Å². The molecule has 4 aromatic rings. The van der Waals surface area contributed by atoms with Crippen LogP contribution in [0.1, 0.15) is 25.0 Å². The molecule has 0 unspecified atom stereocenters. The van der Waals surface area contributed by atoms with E-state index in [1.807, 2.05) is 6.07 Å². The van der Waals surface area contributed by atoms with E-state index in [1.165, 1.54) is 21.9 Å². The summed E-state index contributed by atoms with van der Waals surface area (Å²) in [4.78, 5) is 28.3. The molecule has 0 saturated heterocycles. The van der Waals surface area contributed by atoms with Crippen molar-refractivity contribution in [1.82, 2.24) is 24.4 Å². The minimum Gasteiger partial charge on any atom is -0.384 e. The number of rotatable bonds is 6. The zero-order chi connectivity index (χ0) is 26.3. The van der Waals surface area contributed by atoms with E-state index in [9.17, 15) is 4.79 Å². The van der Waals surface area contributed by atoms with Crippen LogP contribution in [0, 0.1) is 0 Å². The Bertz CT molecular complexity index is 1530. The van der Waals surface area contributed by atoms with E-state index in [-0.39, 0.29) is 32.7 Å². The Kier molecular flexibility index (Phi) is 6.80. The van der Waals surface area contributed by atoms with Gasteiger partial charge in [-0.1, -0.05) is 35.3 Å². The summed E-state index contributed by atoms with van der Waals surface area (Å²) in [7, 11) is 1.73. The first-order valence-electron chi connectivity index (χ1n) is 11.8. The maximum Gasteiger partial charge on any atom is 0.355 e. The molecule has 0 fully saturated rings. The number of nitrogens with one attached hydrogen (secondary N) is 1. The van der Waals surface area contributed by atoms with Gasteiger partial charge in [0.1, 0.15) is 5.82 Å². The highest BCUT2D eigenvalue weighted by Gasteiger charge is 2.34. The van der Waals surface area contributed by atoms with Crippen LogP contribution < -0.4 is 16.7 Å². The molecule has 0 spiro atoms. The first-order valence-corrected chi connectivity index (χ1v) is 12.6. The van der Waals surface area contributed by atoms with Gasteiger partial charge >= 0.3 is 5.69 Å². The highest BCUT2D eigenvalue weighted by molar-refractivity contribution is 6.37. The Morgan fingerprint density at radius 2 is 1.92 bits per heavy atom. The van der Waals surface area contributed by atoms with E-state index in [0.717, 1.165) is 25.2 Å². The average molecular weight is 540 g/mol. The van der Waals surface area contributed by atoms with Crippen molar-refractivity contribution in [2.45, 2.75) is 25.8 Å². The first kappa shape index (κ1) is 25.4. The molecule has 9 nitrogen and oxygen atoms in total. The summed E-state index contributed by atoms with van der Waals surface area (Å²) in [5.41, 5.74) is 9.43. The maximum atomic E-state index is 12.9. The Morgan fingerprint density at radius 1 is 1.16 bits per heavy atom. The molecule has 0 amide bonds. The number of nitrogens with two attached hydrogens (primary N) is 1. The number of hydrogen-bond donors (Lipinski definition) is 2. The van der Waals surface area contributed by atoms with Crippen LogP contribution in [-0.4, -0.2) is 51.2 Å². The normalized spacial score (nSPS) is 15.1. The van der Waals surface area contributed by atoms with Crippen LogP contribution in [0.3, 0.4) is 0 Å². The third kappa shape index (κ3) is 4.64. The summed E-state index contributed by atoms with van der Waals surface area (Å²) in [6.45, 7) is 7.00. The van der Waals surface area contributed by atoms with Gasteiger partial charge in [-0.15, -0.1) is 0 Å². The Morgan fingerprint density at radius 3 is 2.65 bits per heavy atom. The van der Waals surface area contributed by atoms with Crippen LogP contribution in [0.2, 0.25) is 10.0 Å². The van der Waals surface area contributed by atoms with Gasteiger partial charge in [-0.3, -0.25) is 4.90 Å². The SMILES string of the molecule is COCCN1CCc2cc(Nc3ncc4c(N)n(-c5c(Cl)cccc5Cl)c(=O)nc4n3)ccc2C1(C)C. The molecule has 5 rings (SSSR count). The molecule has 0 atom stereocenters. The van der Waals surface area contributed by atoms with E-state index in [2.05, 4.69) is 51.1 Å². The van der Waals surface area contributed by atoms with Gasteiger partial charge in [0.15, 0.2) is 5.65 Å². The lowest BCUT2D eigenvalue weighted by Gasteiger charge is -2.44. The largest absolute Gasteiger partial charge is 0.384 e. The second-order valence-corrected chi connectivity index (χ2v) is 10.2. The number of para-hydroxylation sites is 1. The summed E-state index contributed by atoms with van der Waals surface area (Å²) in [6.07, 6.45) is 2.46. The molecule has 1 aliphatic heterocycles. The molecule has 37 heavy (non-hydrogen) atoms.